The summed E-state index contributed by atoms with van der Waals surface area (Å²) in [6, 6.07) is 9.66. The molecule has 1 saturated carbocycles. The highest BCUT2D eigenvalue weighted by atomic mass is 79.9. The lowest BCUT2D eigenvalue weighted by Gasteiger charge is -2.23. The maximum absolute atomic E-state index is 12.5. The third kappa shape index (κ3) is 4.54. The molecule has 0 bridgehead atoms. The number of nitrogens with one attached hydrogen (secondary N) is 2. The number of hydrogen-bond donors (Lipinski definition) is 2. The van der Waals surface area contributed by atoms with E-state index >= 15 is 0 Å². The zero-order chi connectivity index (χ0) is 16.9. The van der Waals surface area contributed by atoms with E-state index in [0.29, 0.717) is 17.6 Å². The lowest BCUT2D eigenvalue weighted by Crippen LogP contribution is -2.24. The van der Waals surface area contributed by atoms with Gasteiger partial charge in [0.25, 0.3) is 5.91 Å². The van der Waals surface area contributed by atoms with Crippen molar-refractivity contribution in [3.8, 4) is 0 Å². The molecule has 1 aromatic carbocycles. The average molecular weight is 389 g/mol. The standard InChI is InChI=1S/C18H21BrN4O/c1-12-20-16(18(24)23-15-9-5-6-13(19)10-15)11-17(21-12)22-14-7-3-2-4-8-14/h5-6,9-11,14H,2-4,7-8H2,1H3,(H,23,24)(H,20,21,22). The number of nitrogens with zero attached hydrogens (tertiary/aromatic N) is 2. The Morgan fingerprint density at radius 1 is 1.17 bits per heavy atom. The topological polar surface area (TPSA) is 66.9 Å². The lowest BCUT2D eigenvalue weighted by molar-refractivity contribution is 0.102. The molecule has 1 heterocycles. The number of aryl methyl sites for hydroxylation is 1. The van der Waals surface area contributed by atoms with E-state index in [1.807, 2.05) is 31.2 Å². The zero-order valence-corrected chi connectivity index (χ0v) is 15.3. The molecule has 24 heavy (non-hydrogen) atoms. The SMILES string of the molecule is Cc1nc(NC2CCCCC2)cc(C(=O)Nc2cccc(Br)c2)n1. The number of rotatable bonds is 4. The minimum atomic E-state index is -0.231. The smallest absolute Gasteiger partial charge is 0.274 e. The first-order valence-electron chi connectivity index (χ1n) is 8.29. The minimum absolute atomic E-state index is 0.231. The van der Waals surface area contributed by atoms with Gasteiger partial charge in [0.1, 0.15) is 17.3 Å². The molecule has 1 aliphatic carbocycles. The predicted molar refractivity (Wildman–Crippen MR) is 99.4 cm³/mol. The molecule has 0 unspecified atom stereocenters. The molecule has 5 nitrogen and oxygen atoms in total. The molecule has 2 aromatic rings. The molecular weight excluding hydrogens is 368 g/mol. The Hall–Kier alpha value is -1.95. The second-order valence-corrected chi connectivity index (χ2v) is 7.05. The highest BCUT2D eigenvalue weighted by Gasteiger charge is 2.16. The molecule has 0 radical (unpaired) electrons. The second kappa shape index (κ2) is 7.75. The fourth-order valence-corrected chi connectivity index (χ4v) is 3.37. The Morgan fingerprint density at radius 2 is 1.96 bits per heavy atom. The van der Waals surface area contributed by atoms with Crippen LogP contribution in [0.3, 0.4) is 0 Å². The van der Waals surface area contributed by atoms with E-state index in [9.17, 15) is 4.79 Å². The Morgan fingerprint density at radius 3 is 2.71 bits per heavy atom. The van der Waals surface area contributed by atoms with Gasteiger partial charge >= 0.3 is 0 Å². The summed E-state index contributed by atoms with van der Waals surface area (Å²) in [5.41, 5.74) is 1.10. The summed E-state index contributed by atoms with van der Waals surface area (Å²) in [4.78, 5) is 21.2. The summed E-state index contributed by atoms with van der Waals surface area (Å²) in [6.45, 7) is 1.81. The number of halogens is 1. The average Bonchev–Trinajstić information content (AvgIpc) is 2.55. The van der Waals surface area contributed by atoms with Gasteiger partial charge in [-0.25, -0.2) is 9.97 Å². The number of anilines is 2. The van der Waals surface area contributed by atoms with Crippen LogP contribution in [-0.4, -0.2) is 21.9 Å². The van der Waals surface area contributed by atoms with Gasteiger partial charge in [-0.1, -0.05) is 41.3 Å². The number of carbonyl (C=O) groups is 1. The second-order valence-electron chi connectivity index (χ2n) is 6.13. The largest absolute Gasteiger partial charge is 0.367 e. The first-order chi connectivity index (χ1) is 11.6. The predicted octanol–water partition coefficient (Wildman–Crippen LogP) is 4.54. The Labute approximate surface area is 150 Å². The van der Waals surface area contributed by atoms with E-state index in [0.717, 1.165) is 28.8 Å². The van der Waals surface area contributed by atoms with Crippen LogP contribution in [0.1, 0.15) is 48.4 Å². The van der Waals surface area contributed by atoms with Gasteiger partial charge in [0.15, 0.2) is 0 Å². The summed E-state index contributed by atoms with van der Waals surface area (Å²) in [6.07, 6.45) is 6.11. The van der Waals surface area contributed by atoms with E-state index < -0.39 is 0 Å². The maximum atomic E-state index is 12.5. The van der Waals surface area contributed by atoms with Gasteiger partial charge in [-0.3, -0.25) is 4.79 Å². The van der Waals surface area contributed by atoms with Crippen molar-refractivity contribution >= 4 is 33.3 Å². The molecule has 126 valence electrons. The molecule has 6 heteroatoms. The summed E-state index contributed by atoms with van der Waals surface area (Å²) in [5, 5.41) is 6.32. The van der Waals surface area contributed by atoms with Crippen LogP contribution in [0, 0.1) is 6.92 Å². The Balaban J connectivity index is 1.73. The fraction of sp³-hybridized carbons (Fsp3) is 0.389. The number of aromatic nitrogens is 2. The van der Waals surface area contributed by atoms with Crippen molar-refractivity contribution in [2.45, 2.75) is 45.1 Å². The van der Waals surface area contributed by atoms with Crippen molar-refractivity contribution in [1.29, 1.82) is 0 Å². The first-order valence-corrected chi connectivity index (χ1v) is 9.08. The summed E-state index contributed by atoms with van der Waals surface area (Å²) < 4.78 is 0.916. The van der Waals surface area contributed by atoms with Crippen molar-refractivity contribution in [2.24, 2.45) is 0 Å². The van der Waals surface area contributed by atoms with Crippen LogP contribution in [0.15, 0.2) is 34.8 Å². The summed E-state index contributed by atoms with van der Waals surface area (Å²) in [5.74, 6) is 1.09. The highest BCUT2D eigenvalue weighted by molar-refractivity contribution is 9.10. The molecular formula is C18H21BrN4O. The van der Waals surface area contributed by atoms with Crippen molar-refractivity contribution < 1.29 is 4.79 Å². The highest BCUT2D eigenvalue weighted by Crippen LogP contribution is 2.21. The molecule has 1 amide bonds. The van der Waals surface area contributed by atoms with Crippen LogP contribution in [-0.2, 0) is 0 Å². The van der Waals surface area contributed by atoms with Gasteiger partial charge in [0.05, 0.1) is 0 Å². The van der Waals surface area contributed by atoms with Crippen LogP contribution in [0.25, 0.3) is 0 Å². The van der Waals surface area contributed by atoms with Gasteiger partial charge in [0.2, 0.25) is 0 Å². The zero-order valence-electron chi connectivity index (χ0n) is 13.7. The van der Waals surface area contributed by atoms with Gasteiger partial charge in [-0.05, 0) is 38.0 Å². The number of amides is 1. The van der Waals surface area contributed by atoms with E-state index in [4.69, 9.17) is 0 Å². The molecule has 2 N–H and O–H groups in total. The molecule has 0 saturated heterocycles. The minimum Gasteiger partial charge on any atom is -0.367 e. The fourth-order valence-electron chi connectivity index (χ4n) is 2.98. The molecule has 0 aliphatic heterocycles. The van der Waals surface area contributed by atoms with Gasteiger partial charge in [0, 0.05) is 22.3 Å². The third-order valence-corrected chi connectivity index (χ3v) is 4.60. The lowest BCUT2D eigenvalue weighted by atomic mass is 9.95. The quantitative estimate of drug-likeness (QED) is 0.806. The number of benzene rings is 1. The van der Waals surface area contributed by atoms with Crippen molar-refractivity contribution in [3.05, 3.63) is 46.3 Å². The molecule has 1 aromatic heterocycles. The van der Waals surface area contributed by atoms with Crippen LogP contribution in [0.2, 0.25) is 0 Å². The van der Waals surface area contributed by atoms with Gasteiger partial charge in [-0.2, -0.15) is 0 Å². The van der Waals surface area contributed by atoms with Crippen LogP contribution in [0.4, 0.5) is 11.5 Å². The molecule has 0 atom stereocenters. The molecule has 0 spiro atoms. The van der Waals surface area contributed by atoms with Crippen LogP contribution < -0.4 is 10.6 Å². The summed E-state index contributed by atoms with van der Waals surface area (Å²) >= 11 is 3.40. The van der Waals surface area contributed by atoms with Crippen molar-refractivity contribution in [1.82, 2.24) is 9.97 Å². The maximum Gasteiger partial charge on any atom is 0.274 e. The Kier molecular flexibility index (Phi) is 5.45. The van der Waals surface area contributed by atoms with Crippen LogP contribution in [0.5, 0.6) is 0 Å². The number of carbonyl (C=O) groups excluding carboxylic acids is 1. The molecule has 3 rings (SSSR count). The monoisotopic (exact) mass is 388 g/mol. The van der Waals surface area contributed by atoms with E-state index in [-0.39, 0.29) is 5.91 Å². The van der Waals surface area contributed by atoms with Crippen molar-refractivity contribution in [3.63, 3.8) is 0 Å². The van der Waals surface area contributed by atoms with Crippen molar-refractivity contribution in [2.75, 3.05) is 10.6 Å². The third-order valence-electron chi connectivity index (χ3n) is 4.11. The van der Waals surface area contributed by atoms with Gasteiger partial charge in [-0.15, -0.1) is 0 Å². The normalized spacial score (nSPS) is 15.1. The van der Waals surface area contributed by atoms with Crippen LogP contribution >= 0.6 is 15.9 Å². The van der Waals surface area contributed by atoms with E-state index in [1.165, 1.54) is 19.3 Å². The number of hydrogen-bond acceptors (Lipinski definition) is 4. The van der Waals surface area contributed by atoms with E-state index in [1.54, 1.807) is 6.07 Å². The van der Waals surface area contributed by atoms with Gasteiger partial charge < -0.3 is 10.6 Å². The summed E-state index contributed by atoms with van der Waals surface area (Å²) in [7, 11) is 0. The van der Waals surface area contributed by atoms with E-state index in [2.05, 4.69) is 36.5 Å². The molecule has 1 fully saturated rings. The Bertz CT molecular complexity index is 729. The first kappa shape index (κ1) is 16.9. The molecule has 1 aliphatic rings.